The van der Waals surface area contributed by atoms with E-state index in [9.17, 15) is 4.79 Å². The van der Waals surface area contributed by atoms with Gasteiger partial charge in [0.15, 0.2) is 5.13 Å². The van der Waals surface area contributed by atoms with E-state index in [1.807, 2.05) is 53.9 Å². The lowest BCUT2D eigenvalue weighted by Gasteiger charge is -2.18. The summed E-state index contributed by atoms with van der Waals surface area (Å²) in [5.74, 6) is 0.647. The third-order valence-corrected chi connectivity index (χ3v) is 5.96. The van der Waals surface area contributed by atoms with Gasteiger partial charge >= 0.3 is 0 Å². The van der Waals surface area contributed by atoms with Crippen molar-refractivity contribution in [3.05, 3.63) is 76.8 Å². The minimum atomic E-state index is -0.122. The molecule has 140 valence electrons. The molecule has 3 heterocycles. The molecule has 5 nitrogen and oxygen atoms in total. The molecule has 0 aliphatic rings. The number of hydrogen-bond acceptors (Lipinski definition) is 6. The van der Waals surface area contributed by atoms with E-state index in [1.54, 1.807) is 41.8 Å². The van der Waals surface area contributed by atoms with Crippen LogP contribution in [0.2, 0.25) is 0 Å². The Hall–Kier alpha value is -3.03. The maximum Gasteiger partial charge on any atom is 0.253 e. The quantitative estimate of drug-likeness (QED) is 0.422. The van der Waals surface area contributed by atoms with Gasteiger partial charge in [-0.15, -0.1) is 11.3 Å². The molecule has 0 N–H and O–H groups in total. The van der Waals surface area contributed by atoms with E-state index in [1.165, 1.54) is 11.3 Å². The second-order valence-electron chi connectivity index (χ2n) is 5.96. The van der Waals surface area contributed by atoms with Crippen LogP contribution >= 0.6 is 22.7 Å². The monoisotopic (exact) mass is 407 g/mol. The fourth-order valence-electron chi connectivity index (χ4n) is 2.68. The zero-order valence-electron chi connectivity index (χ0n) is 15.1. The first-order chi connectivity index (χ1) is 13.7. The number of hydrogen-bond donors (Lipinski definition) is 0. The molecule has 0 saturated carbocycles. The van der Waals surface area contributed by atoms with Gasteiger partial charge in [0.1, 0.15) is 5.75 Å². The van der Waals surface area contributed by atoms with Crippen molar-refractivity contribution in [3.8, 4) is 5.75 Å². The second-order valence-corrected chi connectivity index (χ2v) is 7.95. The van der Waals surface area contributed by atoms with Crippen molar-refractivity contribution in [1.82, 2.24) is 9.97 Å². The molecule has 0 bridgehead atoms. The molecule has 4 rings (SSSR count). The number of fused-ring (bicyclic) bond motifs is 1. The standard InChI is InChI=1S/C21H17N3O2S2/c1-26-16-6-8-18-19(12-16)28-21(23-18)24(14-15-4-2-10-22-13-15)20(25)9-7-17-5-3-11-27-17/h2-13H,14H2,1H3/b9-7+. The molecule has 0 unspecified atom stereocenters. The number of aromatic nitrogens is 2. The van der Waals surface area contributed by atoms with Crippen LogP contribution in [0, 0.1) is 0 Å². The number of amides is 1. The number of carbonyl (C=O) groups is 1. The molecule has 7 heteroatoms. The van der Waals surface area contributed by atoms with Gasteiger partial charge in [0, 0.05) is 23.3 Å². The lowest BCUT2D eigenvalue weighted by Crippen LogP contribution is -2.28. The third kappa shape index (κ3) is 4.11. The van der Waals surface area contributed by atoms with E-state index in [4.69, 9.17) is 4.74 Å². The fourth-order valence-corrected chi connectivity index (χ4v) is 4.30. The SMILES string of the molecule is COc1ccc2nc(N(Cc3cccnc3)C(=O)/C=C/c3cccs3)sc2c1. The molecule has 1 amide bonds. The topological polar surface area (TPSA) is 55.3 Å². The Morgan fingerprint density at radius 2 is 2.18 bits per heavy atom. The number of nitrogens with zero attached hydrogens (tertiary/aromatic N) is 3. The van der Waals surface area contributed by atoms with Crippen LogP contribution in [0.15, 0.2) is 66.3 Å². The van der Waals surface area contributed by atoms with Crippen LogP contribution < -0.4 is 9.64 Å². The summed E-state index contributed by atoms with van der Waals surface area (Å²) in [6, 6.07) is 13.5. The summed E-state index contributed by atoms with van der Waals surface area (Å²) in [6.45, 7) is 0.401. The summed E-state index contributed by atoms with van der Waals surface area (Å²) >= 11 is 3.06. The summed E-state index contributed by atoms with van der Waals surface area (Å²) in [5.41, 5.74) is 1.78. The van der Waals surface area contributed by atoms with Gasteiger partial charge in [0.05, 0.1) is 23.9 Å². The minimum Gasteiger partial charge on any atom is -0.497 e. The highest BCUT2D eigenvalue weighted by Gasteiger charge is 2.19. The Morgan fingerprint density at radius 3 is 2.93 bits per heavy atom. The average molecular weight is 408 g/mol. The first kappa shape index (κ1) is 18.3. The van der Waals surface area contributed by atoms with Crippen LogP contribution in [-0.2, 0) is 11.3 Å². The minimum absolute atomic E-state index is 0.122. The molecule has 28 heavy (non-hydrogen) atoms. The van der Waals surface area contributed by atoms with Crippen LogP contribution in [0.4, 0.5) is 5.13 Å². The van der Waals surface area contributed by atoms with E-state index < -0.39 is 0 Å². The van der Waals surface area contributed by atoms with Gasteiger partial charge in [-0.05, 0) is 47.4 Å². The highest BCUT2D eigenvalue weighted by molar-refractivity contribution is 7.22. The van der Waals surface area contributed by atoms with Gasteiger partial charge in [0.2, 0.25) is 0 Å². The molecule has 3 aromatic heterocycles. The number of methoxy groups -OCH3 is 1. The molecule has 0 spiro atoms. The van der Waals surface area contributed by atoms with E-state index in [0.717, 1.165) is 26.4 Å². The van der Waals surface area contributed by atoms with Gasteiger partial charge in [0.25, 0.3) is 5.91 Å². The van der Waals surface area contributed by atoms with Crippen LogP contribution in [0.5, 0.6) is 5.75 Å². The lowest BCUT2D eigenvalue weighted by atomic mass is 10.2. The summed E-state index contributed by atoms with van der Waals surface area (Å²) in [7, 11) is 1.64. The Balaban J connectivity index is 1.68. The van der Waals surface area contributed by atoms with Crippen LogP contribution in [-0.4, -0.2) is 23.0 Å². The van der Waals surface area contributed by atoms with Crippen molar-refractivity contribution in [2.75, 3.05) is 12.0 Å². The zero-order valence-corrected chi connectivity index (χ0v) is 16.7. The summed E-state index contributed by atoms with van der Waals surface area (Å²) < 4.78 is 6.27. The van der Waals surface area contributed by atoms with E-state index in [2.05, 4.69) is 9.97 Å². The largest absolute Gasteiger partial charge is 0.497 e. The Bertz CT molecular complexity index is 1110. The maximum absolute atomic E-state index is 13.0. The van der Waals surface area contributed by atoms with Crippen molar-refractivity contribution in [1.29, 1.82) is 0 Å². The van der Waals surface area contributed by atoms with E-state index in [0.29, 0.717) is 11.7 Å². The number of thiophene rings is 1. The Morgan fingerprint density at radius 1 is 1.25 bits per heavy atom. The maximum atomic E-state index is 13.0. The molecule has 4 aromatic rings. The Labute approximate surface area is 170 Å². The summed E-state index contributed by atoms with van der Waals surface area (Å²) in [5, 5.41) is 2.63. The lowest BCUT2D eigenvalue weighted by molar-refractivity contribution is -0.114. The number of rotatable bonds is 6. The number of benzene rings is 1. The molecule has 0 fully saturated rings. The summed E-state index contributed by atoms with van der Waals surface area (Å²) in [4.78, 5) is 24.5. The molecule has 0 aliphatic heterocycles. The first-order valence-corrected chi connectivity index (χ1v) is 10.3. The number of thiazole rings is 1. The van der Waals surface area contributed by atoms with Crippen LogP contribution in [0.25, 0.3) is 16.3 Å². The molecular weight excluding hydrogens is 390 g/mol. The smallest absolute Gasteiger partial charge is 0.253 e. The van der Waals surface area contributed by atoms with Crippen molar-refractivity contribution in [2.24, 2.45) is 0 Å². The van der Waals surface area contributed by atoms with Gasteiger partial charge in [-0.2, -0.15) is 0 Å². The fraction of sp³-hybridized carbons (Fsp3) is 0.0952. The molecule has 0 radical (unpaired) electrons. The first-order valence-electron chi connectivity index (χ1n) is 8.59. The second kappa shape index (κ2) is 8.33. The van der Waals surface area contributed by atoms with Gasteiger partial charge in [-0.25, -0.2) is 4.98 Å². The highest BCUT2D eigenvalue weighted by Crippen LogP contribution is 2.32. The normalized spacial score (nSPS) is 11.2. The third-order valence-electron chi connectivity index (χ3n) is 4.08. The van der Waals surface area contributed by atoms with Crippen molar-refractivity contribution in [2.45, 2.75) is 6.54 Å². The van der Waals surface area contributed by atoms with Crippen LogP contribution in [0.1, 0.15) is 10.4 Å². The van der Waals surface area contributed by atoms with Crippen molar-refractivity contribution in [3.63, 3.8) is 0 Å². The predicted molar refractivity (Wildman–Crippen MR) is 115 cm³/mol. The highest BCUT2D eigenvalue weighted by atomic mass is 32.1. The molecular formula is C21H17N3O2S2. The number of ether oxygens (including phenoxy) is 1. The molecule has 0 saturated heterocycles. The predicted octanol–water partition coefficient (Wildman–Crippen LogP) is 5.01. The number of pyridine rings is 1. The van der Waals surface area contributed by atoms with Gasteiger partial charge in [-0.1, -0.05) is 23.5 Å². The van der Waals surface area contributed by atoms with Crippen LogP contribution in [0.3, 0.4) is 0 Å². The van der Waals surface area contributed by atoms with Gasteiger partial charge in [-0.3, -0.25) is 14.7 Å². The van der Waals surface area contributed by atoms with E-state index >= 15 is 0 Å². The van der Waals surface area contributed by atoms with E-state index in [-0.39, 0.29) is 5.91 Å². The van der Waals surface area contributed by atoms with Crippen molar-refractivity contribution < 1.29 is 9.53 Å². The number of anilines is 1. The molecule has 0 aliphatic carbocycles. The average Bonchev–Trinajstić information content (AvgIpc) is 3.39. The number of carbonyl (C=O) groups excluding carboxylic acids is 1. The molecule has 1 aromatic carbocycles. The zero-order chi connectivity index (χ0) is 19.3. The summed E-state index contributed by atoms with van der Waals surface area (Å²) in [6.07, 6.45) is 6.91. The Kier molecular flexibility index (Phi) is 5.45. The van der Waals surface area contributed by atoms with Crippen molar-refractivity contribution >= 4 is 50.0 Å². The molecule has 0 atom stereocenters. The van der Waals surface area contributed by atoms with Gasteiger partial charge < -0.3 is 4.74 Å².